The van der Waals surface area contributed by atoms with Crippen LogP contribution >= 0.6 is 35.7 Å². The molecular weight excluding hydrogens is 435 g/mol. The van der Waals surface area contributed by atoms with Crippen LogP contribution in [0.25, 0.3) is 0 Å². The molecule has 1 fully saturated rings. The summed E-state index contributed by atoms with van der Waals surface area (Å²) in [6.07, 6.45) is 4.51. The van der Waals surface area contributed by atoms with E-state index in [2.05, 4.69) is 40.5 Å². The molecule has 1 saturated heterocycles. The highest BCUT2D eigenvalue weighted by atomic mass is 127. The molecule has 0 atom stereocenters. The number of aliphatic imine (C=N–C) groups is 1. The second-order valence-electron chi connectivity index (χ2n) is 6.97. The van der Waals surface area contributed by atoms with E-state index < -0.39 is 0 Å². The first-order valence-corrected chi connectivity index (χ1v) is 9.69. The van der Waals surface area contributed by atoms with E-state index in [9.17, 15) is 0 Å². The number of aryl methyl sites for hydroxylation is 1. The monoisotopic (exact) mass is 466 g/mol. The first-order valence-electron chi connectivity index (χ1n) is 8.30. The van der Waals surface area contributed by atoms with Gasteiger partial charge in [-0.05, 0) is 37.2 Å². The van der Waals surface area contributed by atoms with E-state index in [1.165, 1.54) is 12.2 Å². The summed E-state index contributed by atoms with van der Waals surface area (Å²) in [6.45, 7) is 10.3. The Morgan fingerprint density at radius 2 is 2.12 bits per heavy atom. The van der Waals surface area contributed by atoms with Crippen molar-refractivity contribution in [1.82, 2.24) is 25.0 Å². The van der Waals surface area contributed by atoms with Crippen molar-refractivity contribution in [2.24, 2.45) is 17.5 Å². The molecule has 0 aliphatic carbocycles. The van der Waals surface area contributed by atoms with Crippen molar-refractivity contribution in [2.75, 3.05) is 31.6 Å². The Kier molecular flexibility index (Phi) is 8.83. The number of halogens is 1. The van der Waals surface area contributed by atoms with Gasteiger partial charge in [0, 0.05) is 26.7 Å². The van der Waals surface area contributed by atoms with Crippen molar-refractivity contribution in [3.05, 3.63) is 11.6 Å². The van der Waals surface area contributed by atoms with Crippen LogP contribution in [0.1, 0.15) is 38.3 Å². The third kappa shape index (κ3) is 6.09. The maximum Gasteiger partial charge on any atom is 0.194 e. The Labute approximate surface area is 167 Å². The SMILES string of the molecule is CSCCCNC(=NCc1nnc(C)n1C)N1CCC(C)(C)C1.I. The summed E-state index contributed by atoms with van der Waals surface area (Å²) in [5.74, 6) is 4.02. The summed E-state index contributed by atoms with van der Waals surface area (Å²) in [6, 6.07) is 0. The highest BCUT2D eigenvalue weighted by Crippen LogP contribution is 2.28. The van der Waals surface area contributed by atoms with E-state index in [-0.39, 0.29) is 24.0 Å². The summed E-state index contributed by atoms with van der Waals surface area (Å²) in [5, 5.41) is 11.9. The summed E-state index contributed by atoms with van der Waals surface area (Å²) in [4.78, 5) is 7.19. The topological polar surface area (TPSA) is 58.3 Å². The van der Waals surface area contributed by atoms with Crippen molar-refractivity contribution < 1.29 is 0 Å². The number of rotatable bonds is 6. The second-order valence-corrected chi connectivity index (χ2v) is 7.96. The maximum absolute atomic E-state index is 4.81. The summed E-state index contributed by atoms with van der Waals surface area (Å²) in [5.41, 5.74) is 0.364. The van der Waals surface area contributed by atoms with Gasteiger partial charge in [-0.1, -0.05) is 13.8 Å². The molecule has 1 aliphatic rings. The first kappa shape index (κ1) is 21.5. The van der Waals surface area contributed by atoms with Crippen LogP contribution in [0.2, 0.25) is 0 Å². The Hall–Kier alpha value is -0.510. The summed E-state index contributed by atoms with van der Waals surface area (Å²) in [7, 11) is 1.99. The van der Waals surface area contributed by atoms with Gasteiger partial charge in [-0.15, -0.1) is 34.2 Å². The molecule has 0 unspecified atom stereocenters. The van der Waals surface area contributed by atoms with E-state index in [0.717, 1.165) is 43.7 Å². The van der Waals surface area contributed by atoms with E-state index in [1.807, 2.05) is 30.3 Å². The number of aromatic nitrogens is 3. The van der Waals surface area contributed by atoms with Gasteiger partial charge in [-0.3, -0.25) is 0 Å². The van der Waals surface area contributed by atoms with Gasteiger partial charge in [0.25, 0.3) is 0 Å². The third-order valence-electron chi connectivity index (χ3n) is 4.34. The molecule has 1 aliphatic heterocycles. The predicted molar refractivity (Wildman–Crippen MR) is 113 cm³/mol. The second kappa shape index (κ2) is 9.84. The Bertz CT molecular complexity index is 543. The lowest BCUT2D eigenvalue weighted by Gasteiger charge is -2.24. The van der Waals surface area contributed by atoms with Gasteiger partial charge in [-0.2, -0.15) is 11.8 Å². The molecule has 0 bridgehead atoms. The highest BCUT2D eigenvalue weighted by molar-refractivity contribution is 14.0. The van der Waals surface area contributed by atoms with E-state index >= 15 is 0 Å². The fourth-order valence-electron chi connectivity index (χ4n) is 2.71. The van der Waals surface area contributed by atoms with Crippen molar-refractivity contribution in [3.8, 4) is 0 Å². The van der Waals surface area contributed by atoms with Gasteiger partial charge in [0.2, 0.25) is 0 Å². The number of hydrogen-bond donors (Lipinski definition) is 1. The van der Waals surface area contributed by atoms with E-state index in [1.54, 1.807) is 0 Å². The zero-order valence-electron chi connectivity index (χ0n) is 15.5. The lowest BCUT2D eigenvalue weighted by atomic mass is 9.93. The normalized spacial score (nSPS) is 17.0. The van der Waals surface area contributed by atoms with Crippen LogP contribution in [-0.2, 0) is 13.6 Å². The van der Waals surface area contributed by atoms with E-state index in [4.69, 9.17) is 4.99 Å². The zero-order chi connectivity index (χ0) is 16.9. The minimum Gasteiger partial charge on any atom is -0.356 e. The van der Waals surface area contributed by atoms with Gasteiger partial charge >= 0.3 is 0 Å². The largest absolute Gasteiger partial charge is 0.356 e. The molecule has 0 aromatic carbocycles. The van der Waals surface area contributed by atoms with Crippen LogP contribution in [0.15, 0.2) is 4.99 Å². The maximum atomic E-state index is 4.81. The van der Waals surface area contributed by atoms with Gasteiger partial charge in [0.05, 0.1) is 0 Å². The van der Waals surface area contributed by atoms with Gasteiger partial charge < -0.3 is 14.8 Å². The van der Waals surface area contributed by atoms with Crippen LogP contribution in [0.3, 0.4) is 0 Å². The zero-order valence-corrected chi connectivity index (χ0v) is 18.6. The molecule has 2 heterocycles. The Morgan fingerprint density at radius 3 is 2.67 bits per heavy atom. The molecule has 0 amide bonds. The minimum atomic E-state index is 0. The average Bonchev–Trinajstić information content (AvgIpc) is 3.02. The van der Waals surface area contributed by atoms with Crippen LogP contribution in [-0.4, -0.2) is 57.3 Å². The Balaban J connectivity index is 0.00000288. The van der Waals surface area contributed by atoms with Gasteiger partial charge in [0.1, 0.15) is 12.4 Å². The molecule has 1 aromatic heterocycles. The third-order valence-corrected chi connectivity index (χ3v) is 5.04. The van der Waals surface area contributed by atoms with Crippen LogP contribution in [0, 0.1) is 12.3 Å². The molecule has 1 N–H and O–H groups in total. The fourth-order valence-corrected chi connectivity index (χ4v) is 3.14. The molecule has 0 radical (unpaired) electrons. The summed E-state index contributed by atoms with van der Waals surface area (Å²) < 4.78 is 2.00. The van der Waals surface area contributed by atoms with Gasteiger partial charge in [-0.25, -0.2) is 4.99 Å². The van der Waals surface area contributed by atoms with Crippen molar-refractivity contribution in [1.29, 1.82) is 0 Å². The van der Waals surface area contributed by atoms with Crippen molar-refractivity contribution in [2.45, 2.75) is 40.2 Å². The number of likely N-dealkylation sites (tertiary alicyclic amines) is 1. The molecule has 0 spiro atoms. The quantitative estimate of drug-likeness (QED) is 0.303. The minimum absolute atomic E-state index is 0. The molecule has 2 rings (SSSR count). The lowest BCUT2D eigenvalue weighted by molar-refractivity contribution is 0.369. The Morgan fingerprint density at radius 1 is 1.38 bits per heavy atom. The fraction of sp³-hybridized carbons (Fsp3) is 0.812. The van der Waals surface area contributed by atoms with Crippen molar-refractivity contribution >= 4 is 41.7 Å². The molecule has 8 heteroatoms. The number of thioether (sulfide) groups is 1. The number of nitrogens with one attached hydrogen (secondary N) is 1. The number of hydrogen-bond acceptors (Lipinski definition) is 4. The van der Waals surface area contributed by atoms with Crippen LogP contribution in [0.4, 0.5) is 0 Å². The molecular formula is C16H31IN6S. The first-order chi connectivity index (χ1) is 10.9. The number of guanidine groups is 1. The molecule has 138 valence electrons. The highest BCUT2D eigenvalue weighted by Gasteiger charge is 2.30. The standard InChI is InChI=1S/C16H30N6S.HI/c1-13-19-20-14(21(13)4)11-18-15(17-8-6-10-23-5)22-9-7-16(2,3)12-22;/h6-12H2,1-5H3,(H,17,18);1H. The van der Waals surface area contributed by atoms with E-state index in [0.29, 0.717) is 12.0 Å². The van der Waals surface area contributed by atoms with Crippen LogP contribution in [0.5, 0.6) is 0 Å². The number of nitrogens with zero attached hydrogens (tertiary/aromatic N) is 5. The predicted octanol–water partition coefficient (Wildman–Crippen LogP) is 2.67. The lowest BCUT2D eigenvalue weighted by Crippen LogP contribution is -2.41. The smallest absolute Gasteiger partial charge is 0.194 e. The molecule has 6 nitrogen and oxygen atoms in total. The van der Waals surface area contributed by atoms with Crippen LogP contribution < -0.4 is 5.32 Å². The molecule has 1 aromatic rings. The van der Waals surface area contributed by atoms with Gasteiger partial charge in [0.15, 0.2) is 11.8 Å². The molecule has 24 heavy (non-hydrogen) atoms. The summed E-state index contributed by atoms with van der Waals surface area (Å²) >= 11 is 1.89. The average molecular weight is 466 g/mol. The molecule has 0 saturated carbocycles. The van der Waals surface area contributed by atoms with Crippen molar-refractivity contribution in [3.63, 3.8) is 0 Å².